The summed E-state index contributed by atoms with van der Waals surface area (Å²) in [6.45, 7) is 1.94. The minimum absolute atomic E-state index is 0.236. The molecular weight excluding hydrogens is 188 g/mol. The molecule has 3 heteroatoms. The van der Waals surface area contributed by atoms with Crippen LogP contribution in [0.15, 0.2) is 22.6 Å². The highest BCUT2D eigenvalue weighted by molar-refractivity contribution is 6.29. The van der Waals surface area contributed by atoms with Gasteiger partial charge in [-0.25, -0.2) is 0 Å². The normalized spacial score (nSPS) is 10.6. The summed E-state index contributed by atoms with van der Waals surface area (Å²) in [6, 6.07) is 5.28. The summed E-state index contributed by atoms with van der Waals surface area (Å²) in [5.74, 6) is 0.659. The van der Waals surface area contributed by atoms with Gasteiger partial charge in [0.2, 0.25) is 0 Å². The van der Waals surface area contributed by atoms with Crippen molar-refractivity contribution in [1.29, 1.82) is 0 Å². The molecule has 1 aliphatic carbocycles. The van der Waals surface area contributed by atoms with Crippen LogP contribution in [0.4, 0.5) is 0 Å². The first-order chi connectivity index (χ1) is 6.20. The maximum absolute atomic E-state index is 10.7. The first-order valence-electron chi connectivity index (χ1n) is 3.85. The quantitative estimate of drug-likeness (QED) is 0.653. The fourth-order valence-electron chi connectivity index (χ4n) is 1.37. The summed E-state index contributed by atoms with van der Waals surface area (Å²) < 4.78 is 5.23. The average Bonchev–Trinajstić information content (AvgIpc) is 2.43. The second-order valence-electron chi connectivity index (χ2n) is 2.93. The molecule has 0 fully saturated rings. The van der Waals surface area contributed by atoms with Crippen LogP contribution in [0, 0.1) is 6.92 Å². The standard InChI is InChI=1S/C10H7ClO2/c1-6-2-8-7(5-12)4-10(11)13-9(8)3-6/h2-5H,1H3. The van der Waals surface area contributed by atoms with Crippen LogP contribution in [0.25, 0.3) is 11.3 Å². The summed E-state index contributed by atoms with van der Waals surface area (Å²) in [5, 5.41) is 0.236. The molecule has 0 aromatic rings. The lowest BCUT2D eigenvalue weighted by molar-refractivity contribution is 0.112. The van der Waals surface area contributed by atoms with Gasteiger partial charge in [-0.1, -0.05) is 0 Å². The lowest BCUT2D eigenvalue weighted by Gasteiger charge is -2.01. The first kappa shape index (κ1) is 8.32. The third-order valence-electron chi connectivity index (χ3n) is 1.91. The Kier molecular flexibility index (Phi) is 1.85. The van der Waals surface area contributed by atoms with E-state index < -0.39 is 0 Å². The van der Waals surface area contributed by atoms with E-state index in [-0.39, 0.29) is 5.22 Å². The van der Waals surface area contributed by atoms with Gasteiger partial charge < -0.3 is 4.42 Å². The molecule has 66 valence electrons. The van der Waals surface area contributed by atoms with Crippen LogP contribution in [-0.2, 0) is 0 Å². The average molecular weight is 195 g/mol. The lowest BCUT2D eigenvalue weighted by atomic mass is 10.1. The van der Waals surface area contributed by atoms with Crippen LogP contribution in [0.3, 0.4) is 0 Å². The van der Waals surface area contributed by atoms with Crippen LogP contribution < -0.4 is 0 Å². The molecule has 2 rings (SSSR count). The molecule has 0 atom stereocenters. The number of aldehydes is 1. The zero-order valence-electron chi connectivity index (χ0n) is 7.00. The molecule has 2 aliphatic rings. The van der Waals surface area contributed by atoms with E-state index in [9.17, 15) is 4.79 Å². The van der Waals surface area contributed by atoms with Crippen molar-refractivity contribution in [3.63, 3.8) is 0 Å². The Hall–Kier alpha value is -1.28. The molecule has 0 bridgehead atoms. The van der Waals surface area contributed by atoms with E-state index >= 15 is 0 Å². The zero-order valence-corrected chi connectivity index (χ0v) is 7.76. The number of fused-ring (bicyclic) bond motifs is 1. The Balaban J connectivity index is 2.79. The predicted octanol–water partition coefficient (Wildman–Crippen LogP) is 3.16. The van der Waals surface area contributed by atoms with Gasteiger partial charge in [0.05, 0.1) is 0 Å². The summed E-state index contributed by atoms with van der Waals surface area (Å²) >= 11 is 5.69. The summed E-state index contributed by atoms with van der Waals surface area (Å²) in [7, 11) is 0. The molecular formula is C10H7ClO2. The number of aryl methyl sites for hydroxylation is 1. The van der Waals surface area contributed by atoms with Crippen molar-refractivity contribution in [2.45, 2.75) is 6.92 Å². The van der Waals surface area contributed by atoms with Crippen LogP contribution in [0.5, 0.6) is 0 Å². The van der Waals surface area contributed by atoms with E-state index in [0.29, 0.717) is 11.3 Å². The highest BCUT2D eigenvalue weighted by atomic mass is 35.5. The van der Waals surface area contributed by atoms with Crippen LogP contribution >= 0.6 is 11.6 Å². The van der Waals surface area contributed by atoms with Crippen molar-refractivity contribution in [3.8, 4) is 11.3 Å². The van der Waals surface area contributed by atoms with Crippen molar-refractivity contribution >= 4 is 17.9 Å². The van der Waals surface area contributed by atoms with Gasteiger partial charge in [-0.05, 0) is 36.2 Å². The largest absolute Gasteiger partial charge is 0.445 e. The third kappa shape index (κ3) is 1.33. The Morgan fingerprint density at radius 1 is 1.38 bits per heavy atom. The second kappa shape index (κ2) is 2.89. The molecule has 2 nitrogen and oxygen atoms in total. The van der Waals surface area contributed by atoms with Gasteiger partial charge in [-0.2, -0.15) is 0 Å². The Morgan fingerprint density at radius 2 is 2.15 bits per heavy atom. The smallest absolute Gasteiger partial charge is 0.194 e. The SMILES string of the molecule is Cc1cc2oc(Cl)cc(C=O)c-2c1. The zero-order chi connectivity index (χ0) is 9.42. The van der Waals surface area contributed by atoms with Gasteiger partial charge in [0.15, 0.2) is 11.5 Å². The third-order valence-corrected chi connectivity index (χ3v) is 2.10. The Bertz CT molecular complexity index is 431. The minimum Gasteiger partial charge on any atom is -0.445 e. The molecule has 0 radical (unpaired) electrons. The fraction of sp³-hybridized carbons (Fsp3) is 0.100. The van der Waals surface area contributed by atoms with E-state index in [1.54, 1.807) is 0 Å². The molecule has 1 heterocycles. The summed E-state index contributed by atoms with van der Waals surface area (Å²) in [6.07, 6.45) is 0.781. The number of rotatable bonds is 1. The molecule has 0 amide bonds. The summed E-state index contributed by atoms with van der Waals surface area (Å²) in [4.78, 5) is 10.7. The van der Waals surface area contributed by atoms with Crippen LogP contribution in [0.2, 0.25) is 5.22 Å². The topological polar surface area (TPSA) is 30.2 Å². The molecule has 0 aromatic carbocycles. The molecule has 0 saturated heterocycles. The lowest BCUT2D eigenvalue weighted by Crippen LogP contribution is -1.85. The van der Waals surface area contributed by atoms with Crippen molar-refractivity contribution in [2.75, 3.05) is 0 Å². The predicted molar refractivity (Wildman–Crippen MR) is 50.5 cm³/mol. The maximum atomic E-state index is 10.7. The highest BCUT2D eigenvalue weighted by Crippen LogP contribution is 2.31. The number of hydrogen-bond donors (Lipinski definition) is 0. The highest BCUT2D eigenvalue weighted by Gasteiger charge is 2.13. The Labute approximate surface area is 80.5 Å². The number of carbonyl (C=O) groups excluding carboxylic acids is 1. The molecule has 0 saturated carbocycles. The number of halogens is 1. The molecule has 0 unspecified atom stereocenters. The van der Waals surface area contributed by atoms with Crippen LogP contribution in [-0.4, -0.2) is 6.29 Å². The van der Waals surface area contributed by atoms with Gasteiger partial charge in [-0.15, -0.1) is 0 Å². The van der Waals surface area contributed by atoms with Crippen LogP contribution in [0.1, 0.15) is 15.9 Å². The fourth-order valence-corrected chi connectivity index (χ4v) is 1.57. The van der Waals surface area contributed by atoms with Gasteiger partial charge in [0.25, 0.3) is 0 Å². The molecule has 1 aliphatic heterocycles. The van der Waals surface area contributed by atoms with E-state index in [1.807, 2.05) is 19.1 Å². The number of carbonyl (C=O) groups is 1. The van der Waals surface area contributed by atoms with Crippen molar-refractivity contribution in [2.24, 2.45) is 0 Å². The van der Waals surface area contributed by atoms with E-state index in [0.717, 1.165) is 17.4 Å². The van der Waals surface area contributed by atoms with E-state index in [2.05, 4.69) is 0 Å². The second-order valence-corrected chi connectivity index (χ2v) is 3.31. The van der Waals surface area contributed by atoms with Crippen molar-refractivity contribution < 1.29 is 9.21 Å². The molecule has 0 spiro atoms. The monoisotopic (exact) mass is 194 g/mol. The Morgan fingerprint density at radius 3 is 2.85 bits per heavy atom. The van der Waals surface area contributed by atoms with Crippen molar-refractivity contribution in [3.05, 3.63) is 34.5 Å². The molecule has 0 aromatic heterocycles. The summed E-state index contributed by atoms with van der Waals surface area (Å²) in [5.41, 5.74) is 2.44. The molecule has 13 heavy (non-hydrogen) atoms. The molecule has 0 N–H and O–H groups in total. The first-order valence-corrected chi connectivity index (χ1v) is 4.23. The van der Waals surface area contributed by atoms with E-state index in [4.69, 9.17) is 16.0 Å². The maximum Gasteiger partial charge on any atom is 0.194 e. The van der Waals surface area contributed by atoms with Crippen molar-refractivity contribution in [1.82, 2.24) is 0 Å². The minimum atomic E-state index is 0.236. The van der Waals surface area contributed by atoms with E-state index in [1.165, 1.54) is 6.07 Å². The van der Waals surface area contributed by atoms with Gasteiger partial charge >= 0.3 is 0 Å². The van der Waals surface area contributed by atoms with Gasteiger partial charge in [0, 0.05) is 17.2 Å². The van der Waals surface area contributed by atoms with Gasteiger partial charge in [0.1, 0.15) is 5.76 Å². The van der Waals surface area contributed by atoms with Gasteiger partial charge in [-0.3, -0.25) is 4.79 Å². The number of hydrogen-bond acceptors (Lipinski definition) is 2.